The van der Waals surface area contributed by atoms with Crippen LogP contribution in [0.25, 0.3) is 0 Å². The lowest BCUT2D eigenvalue weighted by molar-refractivity contribution is -0.143. The summed E-state index contributed by atoms with van der Waals surface area (Å²) in [5.74, 6) is 1.07. The van der Waals surface area contributed by atoms with Gasteiger partial charge in [0.2, 0.25) is 5.50 Å². The molecule has 148 valence electrons. The summed E-state index contributed by atoms with van der Waals surface area (Å²) in [7, 11) is -4.30. The fourth-order valence-corrected chi connectivity index (χ4v) is 5.93. The second-order valence-electron chi connectivity index (χ2n) is 7.65. The molecule has 4 atom stereocenters. The lowest BCUT2D eigenvalue weighted by atomic mass is 9.69. The monoisotopic (exact) mass is 386 g/mol. The van der Waals surface area contributed by atoms with E-state index < -0.39 is 15.6 Å². The number of fused-ring (bicyclic) bond motifs is 1. The highest BCUT2D eigenvalue weighted by Gasteiger charge is 2.43. The van der Waals surface area contributed by atoms with Crippen molar-refractivity contribution in [2.75, 3.05) is 13.2 Å². The van der Waals surface area contributed by atoms with Gasteiger partial charge in [0.25, 0.3) is 0 Å². The Kier molecular flexibility index (Phi) is 6.12. The molecule has 0 aromatic heterocycles. The number of nitrogens with zero attached hydrogens (tertiary/aromatic N) is 2. The van der Waals surface area contributed by atoms with Gasteiger partial charge in [-0.05, 0) is 38.0 Å². The molecule has 0 amide bonds. The minimum atomic E-state index is -4.30. The van der Waals surface area contributed by atoms with Crippen molar-refractivity contribution in [1.29, 1.82) is 0 Å². The van der Waals surface area contributed by atoms with Crippen molar-refractivity contribution < 1.29 is 22.5 Å². The van der Waals surface area contributed by atoms with Crippen molar-refractivity contribution in [3.8, 4) is 0 Å². The van der Waals surface area contributed by atoms with Crippen molar-refractivity contribution in [1.82, 2.24) is 9.80 Å². The summed E-state index contributed by atoms with van der Waals surface area (Å²) in [6.07, 6.45) is 11.7. The summed E-state index contributed by atoms with van der Waals surface area (Å²) in [6.45, 7) is 2.24. The maximum Gasteiger partial charge on any atom is 0.307 e. The van der Waals surface area contributed by atoms with E-state index in [-0.39, 0.29) is 25.0 Å². The van der Waals surface area contributed by atoms with Crippen LogP contribution in [0.1, 0.15) is 58.3 Å². The molecule has 2 fully saturated rings. The van der Waals surface area contributed by atoms with Gasteiger partial charge in [0.05, 0.1) is 13.0 Å². The molecule has 3 rings (SSSR count). The topological polar surface area (TPSA) is 87.2 Å². The zero-order valence-electron chi connectivity index (χ0n) is 15.4. The minimum Gasteiger partial charge on any atom is -0.466 e. The fraction of sp³-hybridized carbons (Fsp3) is 0.833. The van der Waals surface area contributed by atoms with E-state index in [2.05, 4.69) is 0 Å². The molecule has 1 heterocycles. The van der Waals surface area contributed by atoms with Gasteiger partial charge in [-0.15, -0.1) is 0 Å². The van der Waals surface area contributed by atoms with E-state index in [9.17, 15) is 17.8 Å². The zero-order valence-corrected chi connectivity index (χ0v) is 16.2. The lowest BCUT2D eigenvalue weighted by Gasteiger charge is -2.44. The molecule has 8 heteroatoms. The molecule has 0 bridgehead atoms. The fourth-order valence-electron chi connectivity index (χ4n) is 4.87. The quantitative estimate of drug-likeness (QED) is 0.554. The third kappa shape index (κ3) is 4.34. The van der Waals surface area contributed by atoms with E-state index in [1.165, 1.54) is 30.6 Å². The summed E-state index contributed by atoms with van der Waals surface area (Å²) >= 11 is 0. The summed E-state index contributed by atoms with van der Waals surface area (Å²) < 4.78 is 38.9. The Morgan fingerprint density at radius 3 is 2.58 bits per heavy atom. The molecule has 4 unspecified atom stereocenters. The molecule has 7 nitrogen and oxygen atoms in total. The van der Waals surface area contributed by atoms with Crippen LogP contribution in [0.2, 0.25) is 0 Å². The van der Waals surface area contributed by atoms with Crippen LogP contribution >= 0.6 is 0 Å². The molecule has 0 radical (unpaired) electrons. The molecule has 26 heavy (non-hydrogen) atoms. The third-order valence-electron chi connectivity index (χ3n) is 6.05. The van der Waals surface area contributed by atoms with Crippen LogP contribution in [0.4, 0.5) is 0 Å². The molecular weight excluding hydrogens is 356 g/mol. The molecule has 0 spiro atoms. The van der Waals surface area contributed by atoms with Gasteiger partial charge in [-0.25, -0.2) is 0 Å². The molecule has 1 aliphatic heterocycles. The predicted octanol–water partition coefficient (Wildman–Crippen LogP) is 2.56. The van der Waals surface area contributed by atoms with Gasteiger partial charge in [0.15, 0.2) is 0 Å². The first-order valence-corrected chi connectivity index (χ1v) is 11.2. The van der Waals surface area contributed by atoms with Gasteiger partial charge < -0.3 is 14.5 Å². The number of esters is 1. The van der Waals surface area contributed by atoms with Crippen LogP contribution in [-0.4, -0.2) is 53.4 Å². The molecule has 1 N–H and O–H groups in total. The molecule has 3 aliphatic rings. The van der Waals surface area contributed by atoms with Crippen LogP contribution in [0.5, 0.6) is 0 Å². The Hall–Kier alpha value is -1.28. The Bertz CT molecular complexity index is 635. The molecular formula is C18H30N2O5S. The standard InChI is InChI=1S/C18H30N2O5S/c1-2-25-17(21)9-10-19-11-12-20(18(19)26(22,23)24)16-8-7-14-5-3-4-6-15(14)13-16/h11-12,14-16,18H,2-10,13H2,1H3,(H,22,23,24). The van der Waals surface area contributed by atoms with Crippen LogP contribution in [0, 0.1) is 11.8 Å². The highest BCUT2D eigenvalue weighted by molar-refractivity contribution is 7.86. The predicted molar refractivity (Wildman–Crippen MR) is 97.4 cm³/mol. The normalized spacial score (nSPS) is 31.8. The Morgan fingerprint density at radius 1 is 1.15 bits per heavy atom. The Morgan fingerprint density at radius 2 is 1.88 bits per heavy atom. The van der Waals surface area contributed by atoms with Crippen molar-refractivity contribution in [2.24, 2.45) is 11.8 Å². The lowest BCUT2D eigenvalue weighted by Crippen LogP contribution is -2.51. The summed E-state index contributed by atoms with van der Waals surface area (Å²) in [5.41, 5.74) is -1.14. The number of carbonyl (C=O) groups excluding carboxylic acids is 1. The summed E-state index contributed by atoms with van der Waals surface area (Å²) in [4.78, 5) is 14.9. The van der Waals surface area contributed by atoms with Crippen LogP contribution < -0.4 is 0 Å². The largest absolute Gasteiger partial charge is 0.466 e. The van der Waals surface area contributed by atoms with Crippen molar-refractivity contribution >= 4 is 16.1 Å². The first kappa shape index (κ1) is 19.5. The molecule has 0 aromatic carbocycles. The van der Waals surface area contributed by atoms with Crippen molar-refractivity contribution in [3.63, 3.8) is 0 Å². The maximum atomic E-state index is 12.1. The van der Waals surface area contributed by atoms with Gasteiger partial charge in [-0.2, -0.15) is 8.42 Å². The van der Waals surface area contributed by atoms with Crippen LogP contribution in [-0.2, 0) is 19.6 Å². The number of hydrogen-bond acceptors (Lipinski definition) is 6. The van der Waals surface area contributed by atoms with Crippen LogP contribution in [0.15, 0.2) is 12.4 Å². The zero-order chi connectivity index (χ0) is 18.7. The SMILES string of the molecule is CCOC(=O)CCN1C=CN(C2CCC3CCCCC3C2)C1S(=O)(=O)O. The number of carbonyl (C=O) groups is 1. The highest BCUT2D eigenvalue weighted by atomic mass is 32.2. The smallest absolute Gasteiger partial charge is 0.307 e. The van der Waals surface area contributed by atoms with E-state index in [4.69, 9.17) is 4.74 Å². The number of ether oxygens (including phenoxy) is 1. The average molecular weight is 387 g/mol. The molecule has 0 saturated heterocycles. The van der Waals surface area contributed by atoms with Gasteiger partial charge in [-0.1, -0.05) is 25.7 Å². The number of rotatable bonds is 6. The first-order valence-electron chi connectivity index (χ1n) is 9.73. The van der Waals surface area contributed by atoms with Crippen molar-refractivity contribution in [3.05, 3.63) is 12.4 Å². The minimum absolute atomic E-state index is 0.0907. The molecule has 2 aliphatic carbocycles. The highest BCUT2D eigenvalue weighted by Crippen LogP contribution is 2.43. The number of hydrogen-bond donors (Lipinski definition) is 1. The average Bonchev–Trinajstić information content (AvgIpc) is 3.04. The third-order valence-corrected chi connectivity index (χ3v) is 7.10. The van der Waals surface area contributed by atoms with E-state index in [1.807, 2.05) is 0 Å². The second-order valence-corrected chi connectivity index (χ2v) is 9.10. The van der Waals surface area contributed by atoms with Gasteiger partial charge in [0.1, 0.15) is 0 Å². The van der Waals surface area contributed by atoms with Crippen molar-refractivity contribution in [2.45, 2.75) is 69.8 Å². The maximum absolute atomic E-state index is 12.1. The second kappa shape index (κ2) is 8.17. The molecule has 0 aromatic rings. The summed E-state index contributed by atoms with van der Waals surface area (Å²) in [6, 6.07) is 0.116. The van der Waals surface area contributed by atoms with E-state index in [0.29, 0.717) is 12.5 Å². The van der Waals surface area contributed by atoms with E-state index in [1.54, 1.807) is 24.2 Å². The van der Waals surface area contributed by atoms with Gasteiger partial charge >= 0.3 is 16.1 Å². The first-order chi connectivity index (χ1) is 12.4. The van der Waals surface area contributed by atoms with Gasteiger partial charge in [0, 0.05) is 25.0 Å². The Labute approximate surface area is 156 Å². The molecule has 2 saturated carbocycles. The van der Waals surface area contributed by atoms with E-state index in [0.717, 1.165) is 25.2 Å². The Balaban J connectivity index is 1.67. The van der Waals surface area contributed by atoms with Gasteiger partial charge in [-0.3, -0.25) is 9.35 Å². The van der Waals surface area contributed by atoms with Crippen LogP contribution in [0.3, 0.4) is 0 Å². The van der Waals surface area contributed by atoms with E-state index >= 15 is 0 Å². The summed E-state index contributed by atoms with van der Waals surface area (Å²) in [5, 5.41) is 0.